The van der Waals surface area contributed by atoms with Gasteiger partial charge in [0.1, 0.15) is 5.75 Å². The molecule has 0 heterocycles. The van der Waals surface area contributed by atoms with Gasteiger partial charge in [-0.1, -0.05) is 23.7 Å². The summed E-state index contributed by atoms with van der Waals surface area (Å²) in [5.41, 5.74) is 1.15. The van der Waals surface area contributed by atoms with Crippen LogP contribution in [0.5, 0.6) is 5.75 Å². The van der Waals surface area contributed by atoms with E-state index in [9.17, 15) is 4.79 Å². The average Bonchev–Trinajstić information content (AvgIpc) is 2.44. The minimum Gasteiger partial charge on any atom is -0.497 e. The number of halogens is 2. The van der Waals surface area contributed by atoms with Crippen LogP contribution in [-0.2, 0) is 0 Å². The number of ether oxygens (including phenoxy) is 1. The molecule has 0 radical (unpaired) electrons. The van der Waals surface area contributed by atoms with Gasteiger partial charge in [0.2, 0.25) is 0 Å². The zero-order valence-corrected chi connectivity index (χ0v) is 13.0. The highest BCUT2D eigenvalue weighted by atomic mass is 79.9. The number of carbonyl (C=O) groups excluding carboxylic acids is 1. The molecule has 0 saturated heterocycles. The van der Waals surface area contributed by atoms with E-state index < -0.39 is 0 Å². The molecule has 0 aromatic heterocycles. The molecule has 2 rings (SSSR count). The van der Waals surface area contributed by atoms with Gasteiger partial charge < -0.3 is 15.4 Å². The topological polar surface area (TPSA) is 50.4 Å². The third kappa shape index (κ3) is 3.65. The Balaban J connectivity index is 2.10. The fourth-order valence-electron chi connectivity index (χ4n) is 1.57. The summed E-state index contributed by atoms with van der Waals surface area (Å²) in [6, 6.07) is 11.9. The van der Waals surface area contributed by atoms with E-state index in [1.807, 2.05) is 0 Å². The van der Waals surface area contributed by atoms with Crippen LogP contribution in [-0.4, -0.2) is 13.1 Å². The smallest absolute Gasteiger partial charge is 0.323 e. The number of hydrogen-bond donors (Lipinski definition) is 2. The summed E-state index contributed by atoms with van der Waals surface area (Å²) >= 11 is 9.34. The van der Waals surface area contributed by atoms with Gasteiger partial charge in [-0.3, -0.25) is 0 Å². The van der Waals surface area contributed by atoms with Gasteiger partial charge in [0, 0.05) is 10.5 Å². The molecule has 0 spiro atoms. The second-order valence-corrected chi connectivity index (χ2v) is 5.17. The molecule has 0 bridgehead atoms. The largest absolute Gasteiger partial charge is 0.497 e. The molecule has 2 amide bonds. The summed E-state index contributed by atoms with van der Waals surface area (Å²) in [7, 11) is 1.57. The second kappa shape index (κ2) is 6.63. The van der Waals surface area contributed by atoms with E-state index in [2.05, 4.69) is 26.6 Å². The number of carbonyl (C=O) groups is 1. The number of hydrogen-bond acceptors (Lipinski definition) is 2. The van der Waals surface area contributed by atoms with E-state index in [-0.39, 0.29) is 6.03 Å². The highest BCUT2D eigenvalue weighted by molar-refractivity contribution is 9.10. The normalized spacial score (nSPS) is 9.95. The van der Waals surface area contributed by atoms with Crippen molar-refractivity contribution in [1.82, 2.24) is 0 Å². The van der Waals surface area contributed by atoms with Crippen LogP contribution in [0.3, 0.4) is 0 Å². The summed E-state index contributed by atoms with van der Waals surface area (Å²) in [4.78, 5) is 11.9. The first-order valence-corrected chi connectivity index (χ1v) is 6.93. The van der Waals surface area contributed by atoms with E-state index in [4.69, 9.17) is 16.3 Å². The van der Waals surface area contributed by atoms with Crippen molar-refractivity contribution in [1.29, 1.82) is 0 Å². The van der Waals surface area contributed by atoms with Gasteiger partial charge in [-0.2, -0.15) is 0 Å². The van der Waals surface area contributed by atoms with Crippen LogP contribution in [0.15, 0.2) is 46.9 Å². The Hall–Kier alpha value is -1.72. The fraction of sp³-hybridized carbons (Fsp3) is 0.0714. The van der Waals surface area contributed by atoms with Gasteiger partial charge in [-0.25, -0.2) is 4.79 Å². The highest BCUT2D eigenvalue weighted by Crippen LogP contribution is 2.27. The Morgan fingerprint density at radius 2 is 1.85 bits per heavy atom. The second-order valence-electron chi connectivity index (χ2n) is 3.90. The quantitative estimate of drug-likeness (QED) is 0.834. The predicted octanol–water partition coefficient (Wildman–Crippen LogP) is 4.76. The zero-order chi connectivity index (χ0) is 14.5. The molecule has 0 aliphatic rings. The maximum atomic E-state index is 11.9. The van der Waals surface area contributed by atoms with Crippen LogP contribution in [0.25, 0.3) is 0 Å². The van der Waals surface area contributed by atoms with E-state index in [1.54, 1.807) is 49.6 Å². The van der Waals surface area contributed by atoms with E-state index in [0.29, 0.717) is 22.1 Å². The standard InChI is InChI=1S/C14H12BrClN2O2/c1-20-9-6-7-10(15)13(8-9)18-14(19)17-12-5-3-2-4-11(12)16/h2-8H,1H3,(H2,17,18,19). The lowest BCUT2D eigenvalue weighted by atomic mass is 10.3. The van der Waals surface area contributed by atoms with Crippen LogP contribution < -0.4 is 15.4 Å². The summed E-state index contributed by atoms with van der Waals surface area (Å²) in [5.74, 6) is 0.654. The number of nitrogens with one attached hydrogen (secondary N) is 2. The van der Waals surface area contributed by atoms with Crippen molar-refractivity contribution in [2.45, 2.75) is 0 Å². The number of rotatable bonds is 3. The summed E-state index contributed by atoms with van der Waals surface area (Å²) in [6.45, 7) is 0. The number of amides is 2. The van der Waals surface area contributed by atoms with Crippen molar-refractivity contribution >= 4 is 44.9 Å². The Kier molecular flexibility index (Phi) is 4.87. The fourth-order valence-corrected chi connectivity index (χ4v) is 2.09. The van der Waals surface area contributed by atoms with Crippen molar-refractivity contribution in [2.75, 3.05) is 17.7 Å². The molecular weight excluding hydrogens is 344 g/mol. The lowest BCUT2D eigenvalue weighted by Gasteiger charge is -2.11. The minimum absolute atomic E-state index is 0.382. The number of urea groups is 1. The van der Waals surface area contributed by atoms with Crippen molar-refractivity contribution in [3.05, 3.63) is 52.0 Å². The van der Waals surface area contributed by atoms with Crippen molar-refractivity contribution in [3.63, 3.8) is 0 Å². The Bertz CT molecular complexity index is 634. The van der Waals surface area contributed by atoms with Crippen LogP contribution in [0.4, 0.5) is 16.2 Å². The van der Waals surface area contributed by atoms with Gasteiger partial charge in [-0.15, -0.1) is 0 Å². The van der Waals surface area contributed by atoms with E-state index >= 15 is 0 Å². The van der Waals surface area contributed by atoms with Crippen molar-refractivity contribution < 1.29 is 9.53 Å². The molecule has 6 heteroatoms. The van der Waals surface area contributed by atoms with Crippen LogP contribution >= 0.6 is 27.5 Å². The SMILES string of the molecule is COc1ccc(Br)c(NC(=O)Nc2ccccc2Cl)c1. The van der Waals surface area contributed by atoms with Gasteiger partial charge in [0.05, 0.1) is 23.5 Å². The first kappa shape index (κ1) is 14.7. The van der Waals surface area contributed by atoms with Gasteiger partial charge >= 0.3 is 6.03 Å². The molecular formula is C14H12BrClN2O2. The summed E-state index contributed by atoms with van der Waals surface area (Å²) in [6.07, 6.45) is 0. The molecule has 4 nitrogen and oxygen atoms in total. The maximum absolute atomic E-state index is 11.9. The number of para-hydroxylation sites is 1. The summed E-state index contributed by atoms with van der Waals surface area (Å²) < 4.78 is 5.87. The molecule has 2 N–H and O–H groups in total. The average molecular weight is 356 g/mol. The van der Waals surface area contributed by atoms with Crippen LogP contribution in [0, 0.1) is 0 Å². The monoisotopic (exact) mass is 354 g/mol. The predicted molar refractivity (Wildman–Crippen MR) is 84.8 cm³/mol. The van der Waals surface area contributed by atoms with E-state index in [0.717, 1.165) is 4.47 Å². The lowest BCUT2D eigenvalue weighted by molar-refractivity contribution is 0.262. The molecule has 0 unspecified atom stereocenters. The maximum Gasteiger partial charge on any atom is 0.323 e. The van der Waals surface area contributed by atoms with E-state index in [1.165, 1.54) is 0 Å². The summed E-state index contributed by atoms with van der Waals surface area (Å²) in [5, 5.41) is 5.88. The Morgan fingerprint density at radius 1 is 1.15 bits per heavy atom. The van der Waals surface area contributed by atoms with Crippen LogP contribution in [0.2, 0.25) is 5.02 Å². The number of benzene rings is 2. The number of methoxy groups -OCH3 is 1. The molecule has 0 atom stereocenters. The number of anilines is 2. The molecule has 0 aliphatic carbocycles. The third-order valence-electron chi connectivity index (χ3n) is 2.54. The Labute approximate surface area is 130 Å². The van der Waals surface area contributed by atoms with Crippen LogP contribution in [0.1, 0.15) is 0 Å². The molecule has 0 saturated carbocycles. The molecule has 2 aromatic rings. The molecule has 20 heavy (non-hydrogen) atoms. The van der Waals surface area contributed by atoms with Crippen molar-refractivity contribution in [2.24, 2.45) is 0 Å². The minimum atomic E-state index is -0.382. The van der Waals surface area contributed by atoms with Gasteiger partial charge in [0.25, 0.3) is 0 Å². The zero-order valence-electron chi connectivity index (χ0n) is 10.6. The lowest BCUT2D eigenvalue weighted by Crippen LogP contribution is -2.19. The third-order valence-corrected chi connectivity index (χ3v) is 3.56. The first-order valence-electron chi connectivity index (χ1n) is 5.76. The Morgan fingerprint density at radius 3 is 2.55 bits per heavy atom. The highest BCUT2D eigenvalue weighted by Gasteiger charge is 2.08. The van der Waals surface area contributed by atoms with Gasteiger partial charge in [-0.05, 0) is 40.2 Å². The first-order chi connectivity index (χ1) is 9.60. The van der Waals surface area contributed by atoms with Crippen molar-refractivity contribution in [3.8, 4) is 5.75 Å². The molecule has 0 aliphatic heterocycles. The van der Waals surface area contributed by atoms with Gasteiger partial charge in [0.15, 0.2) is 0 Å². The molecule has 2 aromatic carbocycles. The molecule has 0 fully saturated rings. The molecule has 104 valence electrons.